The molecule has 2 N–H and O–H groups in total. The maximum absolute atomic E-state index is 12.7. The highest BCUT2D eigenvalue weighted by Crippen LogP contribution is 2.23. The first-order chi connectivity index (χ1) is 17.6. The maximum Gasteiger partial charge on any atom is 0.326 e. The number of nitrogens with one attached hydrogen (secondary N) is 1. The Labute approximate surface area is 211 Å². The molecule has 1 amide bonds. The molecule has 0 heterocycles. The molecule has 4 aromatic rings. The fraction of sp³-hybridized carbons (Fsp3) is 0.161. The van der Waals surface area contributed by atoms with Crippen LogP contribution in [0.25, 0.3) is 11.1 Å². The Bertz CT molecular complexity index is 1250. The fourth-order valence-electron chi connectivity index (χ4n) is 3.96. The molecule has 0 saturated heterocycles. The van der Waals surface area contributed by atoms with Crippen LogP contribution in [0.5, 0.6) is 5.75 Å². The first-order valence-electron chi connectivity index (χ1n) is 12.0. The van der Waals surface area contributed by atoms with E-state index in [1.165, 1.54) is 5.56 Å². The molecule has 0 aliphatic carbocycles. The van der Waals surface area contributed by atoms with E-state index in [2.05, 4.69) is 17.4 Å². The molecule has 36 heavy (non-hydrogen) atoms. The topological polar surface area (TPSA) is 75.6 Å². The van der Waals surface area contributed by atoms with Crippen molar-refractivity contribution in [2.24, 2.45) is 0 Å². The van der Waals surface area contributed by atoms with Crippen molar-refractivity contribution in [2.75, 3.05) is 6.61 Å². The van der Waals surface area contributed by atoms with E-state index in [0.717, 1.165) is 35.3 Å². The van der Waals surface area contributed by atoms with Crippen LogP contribution in [0.3, 0.4) is 0 Å². The third kappa shape index (κ3) is 7.06. The van der Waals surface area contributed by atoms with Crippen LogP contribution in [0.15, 0.2) is 109 Å². The molecule has 4 rings (SSSR count). The van der Waals surface area contributed by atoms with Gasteiger partial charge >= 0.3 is 5.97 Å². The number of hydrogen-bond acceptors (Lipinski definition) is 3. The van der Waals surface area contributed by atoms with Gasteiger partial charge in [0.15, 0.2) is 0 Å². The zero-order chi connectivity index (χ0) is 25.2. The van der Waals surface area contributed by atoms with E-state index in [4.69, 9.17) is 4.74 Å². The summed E-state index contributed by atoms with van der Waals surface area (Å²) >= 11 is 0. The van der Waals surface area contributed by atoms with E-state index in [1.807, 2.05) is 84.9 Å². The van der Waals surface area contributed by atoms with E-state index >= 15 is 0 Å². The van der Waals surface area contributed by atoms with Crippen molar-refractivity contribution in [2.45, 2.75) is 25.3 Å². The van der Waals surface area contributed by atoms with E-state index in [9.17, 15) is 14.7 Å². The van der Waals surface area contributed by atoms with Gasteiger partial charge in [-0.05, 0) is 59.4 Å². The minimum atomic E-state index is -1.06. The number of carboxylic acid groups (broad SMARTS) is 1. The van der Waals surface area contributed by atoms with Gasteiger partial charge in [-0.25, -0.2) is 4.79 Å². The highest BCUT2D eigenvalue weighted by atomic mass is 16.5. The van der Waals surface area contributed by atoms with Gasteiger partial charge in [0.2, 0.25) is 0 Å². The second kappa shape index (κ2) is 12.4. The number of benzene rings is 4. The molecule has 5 nitrogen and oxygen atoms in total. The molecule has 0 aliphatic rings. The molecule has 1 unspecified atom stereocenters. The van der Waals surface area contributed by atoms with E-state index in [-0.39, 0.29) is 6.42 Å². The summed E-state index contributed by atoms with van der Waals surface area (Å²) in [5, 5.41) is 12.2. The number of hydrogen-bond donors (Lipinski definition) is 2. The molecule has 0 saturated carbocycles. The van der Waals surface area contributed by atoms with Crippen molar-refractivity contribution >= 4 is 11.9 Å². The Morgan fingerprint density at radius 1 is 0.722 bits per heavy atom. The third-order valence-corrected chi connectivity index (χ3v) is 5.94. The molecule has 0 spiro atoms. The van der Waals surface area contributed by atoms with Crippen LogP contribution in [0.4, 0.5) is 0 Å². The van der Waals surface area contributed by atoms with Gasteiger partial charge < -0.3 is 15.2 Å². The van der Waals surface area contributed by atoms with Crippen LogP contribution in [0, 0.1) is 0 Å². The first kappa shape index (κ1) is 24.7. The molecule has 0 fully saturated rings. The highest BCUT2D eigenvalue weighted by Gasteiger charge is 2.21. The SMILES string of the molecule is O=C(NC(Cc1ccccc1)C(=O)O)c1ccc(-c2ccc(OCCCc3ccccc3)cc2)cc1. The van der Waals surface area contributed by atoms with Gasteiger partial charge in [-0.2, -0.15) is 0 Å². The van der Waals surface area contributed by atoms with Crippen LogP contribution in [0.1, 0.15) is 27.9 Å². The minimum Gasteiger partial charge on any atom is -0.494 e. The first-order valence-corrected chi connectivity index (χ1v) is 12.0. The van der Waals surface area contributed by atoms with Gasteiger partial charge in [-0.15, -0.1) is 0 Å². The third-order valence-electron chi connectivity index (χ3n) is 5.94. The van der Waals surface area contributed by atoms with Gasteiger partial charge in [0.05, 0.1) is 6.61 Å². The summed E-state index contributed by atoms with van der Waals surface area (Å²) in [7, 11) is 0. The van der Waals surface area contributed by atoms with Crippen molar-refractivity contribution in [3.05, 3.63) is 126 Å². The van der Waals surface area contributed by atoms with Crippen LogP contribution in [-0.4, -0.2) is 29.6 Å². The molecular formula is C31H29NO4. The Balaban J connectivity index is 1.30. The van der Waals surface area contributed by atoms with Gasteiger partial charge in [-0.3, -0.25) is 4.79 Å². The van der Waals surface area contributed by atoms with Gasteiger partial charge in [0.1, 0.15) is 11.8 Å². The lowest BCUT2D eigenvalue weighted by atomic mass is 10.0. The Morgan fingerprint density at radius 2 is 1.28 bits per heavy atom. The van der Waals surface area contributed by atoms with E-state index in [0.29, 0.717) is 12.2 Å². The molecule has 182 valence electrons. The summed E-state index contributed by atoms with van der Waals surface area (Å²) in [6.07, 6.45) is 2.16. The number of carbonyl (C=O) groups excluding carboxylic acids is 1. The zero-order valence-electron chi connectivity index (χ0n) is 20.0. The maximum atomic E-state index is 12.7. The van der Waals surface area contributed by atoms with Gasteiger partial charge in [0, 0.05) is 12.0 Å². The van der Waals surface area contributed by atoms with Crippen molar-refractivity contribution < 1.29 is 19.4 Å². The molecule has 0 aliphatic heterocycles. The highest BCUT2D eigenvalue weighted by molar-refractivity contribution is 5.97. The number of aryl methyl sites for hydroxylation is 1. The Morgan fingerprint density at radius 3 is 1.86 bits per heavy atom. The summed E-state index contributed by atoms with van der Waals surface area (Å²) in [5.41, 5.74) is 4.54. The van der Waals surface area contributed by atoms with Crippen LogP contribution in [-0.2, 0) is 17.6 Å². The summed E-state index contributed by atoms with van der Waals surface area (Å²) in [5.74, 6) is -0.656. The Hall–Kier alpha value is -4.38. The summed E-state index contributed by atoms with van der Waals surface area (Å²) in [6, 6.07) is 33.6. The van der Waals surface area contributed by atoms with Crippen LogP contribution < -0.4 is 10.1 Å². The van der Waals surface area contributed by atoms with E-state index < -0.39 is 17.9 Å². The lowest BCUT2D eigenvalue weighted by molar-refractivity contribution is -0.139. The molecule has 0 aromatic heterocycles. The number of amides is 1. The molecule has 0 radical (unpaired) electrons. The summed E-state index contributed by atoms with van der Waals surface area (Å²) in [4.78, 5) is 24.3. The summed E-state index contributed by atoms with van der Waals surface area (Å²) in [6.45, 7) is 0.652. The molecule has 5 heteroatoms. The second-order valence-electron chi connectivity index (χ2n) is 8.59. The van der Waals surface area contributed by atoms with Gasteiger partial charge in [-0.1, -0.05) is 84.9 Å². The standard InChI is InChI=1S/C31H29NO4/c33-30(32-29(31(34)35)22-24-10-5-2-6-11-24)27-15-13-25(14-16-27)26-17-19-28(20-18-26)36-21-7-12-23-8-3-1-4-9-23/h1-6,8-11,13-20,29H,7,12,21-22H2,(H,32,33)(H,34,35). The predicted octanol–water partition coefficient (Wildman–Crippen LogP) is 5.79. The normalized spacial score (nSPS) is 11.4. The predicted molar refractivity (Wildman–Crippen MR) is 141 cm³/mol. The lowest BCUT2D eigenvalue weighted by Crippen LogP contribution is -2.42. The number of aliphatic carboxylic acids is 1. The van der Waals surface area contributed by atoms with Crippen molar-refractivity contribution in [3.8, 4) is 16.9 Å². The second-order valence-corrected chi connectivity index (χ2v) is 8.59. The minimum absolute atomic E-state index is 0.223. The van der Waals surface area contributed by atoms with Gasteiger partial charge in [0.25, 0.3) is 5.91 Å². The molecule has 4 aromatic carbocycles. The quantitative estimate of drug-likeness (QED) is 0.267. The fourth-order valence-corrected chi connectivity index (χ4v) is 3.96. The average Bonchev–Trinajstić information content (AvgIpc) is 2.92. The number of carboxylic acids is 1. The molecular weight excluding hydrogens is 450 g/mol. The van der Waals surface area contributed by atoms with Crippen molar-refractivity contribution in [1.82, 2.24) is 5.32 Å². The van der Waals surface area contributed by atoms with Crippen LogP contribution >= 0.6 is 0 Å². The average molecular weight is 480 g/mol. The zero-order valence-corrected chi connectivity index (χ0v) is 20.0. The number of ether oxygens (including phenoxy) is 1. The van der Waals surface area contributed by atoms with Crippen molar-refractivity contribution in [3.63, 3.8) is 0 Å². The van der Waals surface area contributed by atoms with E-state index in [1.54, 1.807) is 12.1 Å². The monoisotopic (exact) mass is 479 g/mol. The number of rotatable bonds is 11. The van der Waals surface area contributed by atoms with Crippen molar-refractivity contribution in [1.29, 1.82) is 0 Å². The number of carbonyl (C=O) groups is 2. The largest absolute Gasteiger partial charge is 0.494 e. The summed E-state index contributed by atoms with van der Waals surface area (Å²) < 4.78 is 5.87. The smallest absolute Gasteiger partial charge is 0.326 e. The Kier molecular flexibility index (Phi) is 8.49. The molecule has 0 bridgehead atoms. The molecule has 1 atom stereocenters. The lowest BCUT2D eigenvalue weighted by Gasteiger charge is -2.15. The van der Waals surface area contributed by atoms with Crippen LogP contribution in [0.2, 0.25) is 0 Å².